The van der Waals surface area contributed by atoms with Gasteiger partial charge in [-0.1, -0.05) is 12.1 Å². The van der Waals surface area contributed by atoms with E-state index in [9.17, 15) is 13.2 Å². The predicted molar refractivity (Wildman–Crippen MR) is 124 cm³/mol. The average Bonchev–Trinajstić information content (AvgIpc) is 3.24. The van der Waals surface area contributed by atoms with Crippen LogP contribution in [0.15, 0.2) is 58.3 Å². The Kier molecular flexibility index (Phi) is 7.17. The van der Waals surface area contributed by atoms with Crippen molar-refractivity contribution in [1.82, 2.24) is 9.71 Å². The van der Waals surface area contributed by atoms with E-state index in [2.05, 4.69) is 15.0 Å². The zero-order chi connectivity index (χ0) is 23.4. The molecule has 3 rings (SSSR count). The Labute approximate surface area is 191 Å². The molecule has 32 heavy (non-hydrogen) atoms. The summed E-state index contributed by atoms with van der Waals surface area (Å²) in [5.74, 6) is 0.138. The zero-order valence-electron chi connectivity index (χ0n) is 18.2. The van der Waals surface area contributed by atoms with E-state index < -0.39 is 21.5 Å². The molecular weight excluding hydrogens is 450 g/mol. The van der Waals surface area contributed by atoms with Crippen LogP contribution in [0.25, 0.3) is 0 Å². The molecule has 0 saturated carbocycles. The van der Waals surface area contributed by atoms with Crippen molar-refractivity contribution in [3.8, 4) is 11.5 Å². The number of para-hydroxylation sites is 2. The lowest BCUT2D eigenvalue weighted by Gasteiger charge is -2.21. The van der Waals surface area contributed by atoms with E-state index in [1.54, 1.807) is 50.5 Å². The van der Waals surface area contributed by atoms with Crippen LogP contribution in [0.2, 0.25) is 0 Å². The van der Waals surface area contributed by atoms with Crippen LogP contribution in [0.5, 0.6) is 11.5 Å². The Bertz CT molecular complexity index is 1190. The Balaban J connectivity index is 1.85. The molecule has 0 aliphatic heterocycles. The number of carbonyl (C=O) groups excluding carboxylic acids is 1. The van der Waals surface area contributed by atoms with E-state index >= 15 is 0 Å². The summed E-state index contributed by atoms with van der Waals surface area (Å²) >= 11 is 1.47. The second-order valence-electron chi connectivity index (χ2n) is 7.94. The Morgan fingerprint density at radius 3 is 2.53 bits per heavy atom. The minimum absolute atomic E-state index is 0.115. The molecule has 0 aliphatic carbocycles. The van der Waals surface area contributed by atoms with E-state index in [4.69, 9.17) is 9.47 Å². The summed E-state index contributed by atoms with van der Waals surface area (Å²) in [5.41, 5.74) is 2.42. The summed E-state index contributed by atoms with van der Waals surface area (Å²) in [4.78, 5) is 17.0. The summed E-state index contributed by atoms with van der Waals surface area (Å²) in [6.45, 7) is 5.46. The summed E-state index contributed by atoms with van der Waals surface area (Å²) in [5, 5.41) is 4.66. The van der Waals surface area contributed by atoms with Crippen molar-refractivity contribution in [3.05, 3.63) is 64.6 Å². The van der Waals surface area contributed by atoms with Gasteiger partial charge in [0, 0.05) is 16.5 Å². The topological polar surface area (TPSA) is 107 Å². The number of ether oxygens (including phenoxy) is 2. The molecule has 0 spiro atoms. The fraction of sp³-hybridized carbons (Fsp3) is 0.273. The molecule has 2 N–H and O–H groups in total. The summed E-state index contributed by atoms with van der Waals surface area (Å²) in [6, 6.07) is 11.3. The molecule has 0 saturated heterocycles. The van der Waals surface area contributed by atoms with Gasteiger partial charge in [-0.3, -0.25) is 4.79 Å². The number of nitrogens with one attached hydrogen (secondary N) is 2. The molecule has 10 heteroatoms. The van der Waals surface area contributed by atoms with Crippen molar-refractivity contribution in [2.45, 2.75) is 37.8 Å². The van der Waals surface area contributed by atoms with E-state index in [1.807, 2.05) is 5.38 Å². The Morgan fingerprint density at radius 1 is 1.12 bits per heavy atom. The Morgan fingerprint density at radius 2 is 1.88 bits per heavy atom. The van der Waals surface area contributed by atoms with Crippen molar-refractivity contribution >= 4 is 33.0 Å². The number of benzene rings is 2. The Hall–Kier alpha value is -2.95. The third kappa shape index (κ3) is 6.06. The zero-order valence-corrected chi connectivity index (χ0v) is 19.8. The third-order valence-corrected chi connectivity index (χ3v) is 6.56. The van der Waals surface area contributed by atoms with Gasteiger partial charge >= 0.3 is 0 Å². The van der Waals surface area contributed by atoms with Crippen LogP contribution in [0.1, 0.15) is 36.8 Å². The lowest BCUT2D eigenvalue weighted by molar-refractivity contribution is 0.102. The van der Waals surface area contributed by atoms with Crippen LogP contribution in [0.3, 0.4) is 0 Å². The first-order valence-corrected chi connectivity index (χ1v) is 12.1. The molecule has 1 amide bonds. The highest BCUT2D eigenvalue weighted by Gasteiger charge is 2.26. The number of sulfonamides is 1. The lowest BCUT2D eigenvalue weighted by Crippen LogP contribution is -2.40. The first-order chi connectivity index (χ1) is 15.1. The van der Waals surface area contributed by atoms with Crippen LogP contribution >= 0.6 is 11.3 Å². The van der Waals surface area contributed by atoms with Gasteiger partial charge in [-0.2, -0.15) is 0 Å². The quantitative estimate of drug-likeness (QED) is 0.509. The average molecular weight is 476 g/mol. The van der Waals surface area contributed by atoms with Gasteiger partial charge in [-0.05, 0) is 51.1 Å². The highest BCUT2D eigenvalue weighted by molar-refractivity contribution is 7.89. The van der Waals surface area contributed by atoms with Gasteiger partial charge in [0.15, 0.2) is 0 Å². The van der Waals surface area contributed by atoms with Crippen LogP contribution < -0.4 is 19.5 Å². The number of rotatable bonds is 8. The van der Waals surface area contributed by atoms with Crippen molar-refractivity contribution in [1.29, 1.82) is 0 Å². The number of carbonyl (C=O) groups is 1. The number of aromatic nitrogens is 1. The molecule has 0 aliphatic rings. The highest BCUT2D eigenvalue weighted by Crippen LogP contribution is 2.28. The number of methoxy groups -OCH3 is 1. The van der Waals surface area contributed by atoms with Crippen molar-refractivity contribution in [2.75, 3.05) is 12.4 Å². The van der Waals surface area contributed by atoms with Gasteiger partial charge in [0.2, 0.25) is 10.0 Å². The first-order valence-electron chi connectivity index (χ1n) is 9.71. The molecule has 0 fully saturated rings. The molecule has 8 nitrogen and oxygen atoms in total. The molecule has 0 bridgehead atoms. The van der Waals surface area contributed by atoms with Crippen molar-refractivity contribution < 1.29 is 22.7 Å². The molecule has 2 aromatic carbocycles. The SMILES string of the molecule is COc1ccc(C(=O)Nc2ccccc2OCc2cscn2)cc1S(=O)(=O)NC(C)(C)C. The molecule has 0 atom stereocenters. The second-order valence-corrected chi connectivity index (χ2v) is 10.3. The van der Waals surface area contributed by atoms with Crippen molar-refractivity contribution in [2.24, 2.45) is 0 Å². The number of hydrogen-bond acceptors (Lipinski definition) is 7. The molecule has 3 aromatic rings. The van der Waals surface area contributed by atoms with Gasteiger partial charge in [-0.25, -0.2) is 18.1 Å². The van der Waals surface area contributed by atoms with Gasteiger partial charge < -0.3 is 14.8 Å². The maximum Gasteiger partial charge on any atom is 0.255 e. The monoisotopic (exact) mass is 475 g/mol. The van der Waals surface area contributed by atoms with E-state index in [-0.39, 0.29) is 22.8 Å². The minimum atomic E-state index is -3.92. The minimum Gasteiger partial charge on any atom is -0.495 e. The van der Waals surface area contributed by atoms with Gasteiger partial charge in [0.25, 0.3) is 5.91 Å². The first kappa shape index (κ1) is 23.7. The van der Waals surface area contributed by atoms with Crippen LogP contribution in [-0.2, 0) is 16.6 Å². The maximum atomic E-state index is 12.9. The molecular formula is C22H25N3O5S2. The normalized spacial score (nSPS) is 11.8. The van der Waals surface area contributed by atoms with Crippen LogP contribution in [0.4, 0.5) is 5.69 Å². The van der Waals surface area contributed by atoms with E-state index in [0.717, 1.165) is 5.69 Å². The molecule has 1 aromatic heterocycles. The summed E-state index contributed by atoms with van der Waals surface area (Å²) in [6.07, 6.45) is 0. The second kappa shape index (κ2) is 9.68. The number of hydrogen-bond donors (Lipinski definition) is 2. The van der Waals surface area contributed by atoms with Gasteiger partial charge in [-0.15, -0.1) is 11.3 Å². The van der Waals surface area contributed by atoms with E-state index in [0.29, 0.717) is 11.4 Å². The molecule has 0 unspecified atom stereocenters. The smallest absolute Gasteiger partial charge is 0.255 e. The fourth-order valence-electron chi connectivity index (χ4n) is 2.84. The summed E-state index contributed by atoms with van der Waals surface area (Å²) in [7, 11) is -2.54. The number of nitrogens with zero attached hydrogens (tertiary/aromatic N) is 1. The predicted octanol–water partition coefficient (Wildman–Crippen LogP) is 4.06. The number of thiazole rings is 1. The van der Waals surface area contributed by atoms with E-state index in [1.165, 1.54) is 36.6 Å². The molecule has 0 radical (unpaired) electrons. The highest BCUT2D eigenvalue weighted by atomic mass is 32.2. The van der Waals surface area contributed by atoms with Gasteiger partial charge in [0.05, 0.1) is 24.0 Å². The summed E-state index contributed by atoms with van der Waals surface area (Å²) < 4.78 is 39.3. The third-order valence-electron chi connectivity index (χ3n) is 4.15. The molecule has 170 valence electrons. The maximum absolute atomic E-state index is 12.9. The van der Waals surface area contributed by atoms with Crippen LogP contribution in [-0.4, -0.2) is 32.0 Å². The van der Waals surface area contributed by atoms with Gasteiger partial charge in [0.1, 0.15) is 23.0 Å². The fourth-order valence-corrected chi connectivity index (χ4v) is 4.99. The number of anilines is 1. The lowest BCUT2D eigenvalue weighted by atomic mass is 10.1. The largest absolute Gasteiger partial charge is 0.495 e. The number of amides is 1. The standard InChI is InChI=1S/C22H25N3O5S2/c1-22(2,3)25-32(27,28)20-11-15(9-10-19(20)29-4)21(26)24-17-7-5-6-8-18(17)30-12-16-13-31-14-23-16/h5-11,13-14,25H,12H2,1-4H3,(H,24,26). The van der Waals surface area contributed by atoms with Crippen LogP contribution in [0, 0.1) is 0 Å². The van der Waals surface area contributed by atoms with Crippen molar-refractivity contribution in [3.63, 3.8) is 0 Å². The molecule has 1 heterocycles.